The second-order valence-corrected chi connectivity index (χ2v) is 11.7. The quantitative estimate of drug-likeness (QED) is 0.515. The summed E-state index contributed by atoms with van der Waals surface area (Å²) in [5.74, 6) is -6.65. The van der Waals surface area contributed by atoms with E-state index in [1.165, 1.54) is 18.2 Å². The molecule has 1 N–H and O–H groups in total. The highest BCUT2D eigenvalue weighted by Crippen LogP contribution is 2.43. The summed E-state index contributed by atoms with van der Waals surface area (Å²) in [5, 5.41) is 2.49. The number of nitrogens with zero attached hydrogens (tertiary/aromatic N) is 1. The molecule has 0 spiro atoms. The third-order valence-corrected chi connectivity index (χ3v) is 7.82. The van der Waals surface area contributed by atoms with Crippen LogP contribution >= 0.6 is 0 Å². The fraction of sp³-hybridized carbons (Fsp3) is 0.440. The van der Waals surface area contributed by atoms with Crippen molar-refractivity contribution in [2.75, 3.05) is 12.8 Å². The van der Waals surface area contributed by atoms with E-state index < -0.39 is 76.6 Å². The molecule has 2 aliphatic rings. The van der Waals surface area contributed by atoms with Crippen molar-refractivity contribution in [2.45, 2.75) is 54.8 Å². The molecule has 0 radical (unpaired) electrons. The van der Waals surface area contributed by atoms with Crippen molar-refractivity contribution in [1.29, 1.82) is 0 Å². The summed E-state index contributed by atoms with van der Waals surface area (Å²) in [5.41, 5.74) is -1.54. The van der Waals surface area contributed by atoms with Crippen LogP contribution in [-0.4, -0.2) is 49.9 Å². The molecule has 1 saturated carbocycles. The number of benzene rings is 2. The number of amides is 2. The van der Waals surface area contributed by atoms with Crippen LogP contribution < -0.4 is 5.32 Å². The van der Waals surface area contributed by atoms with Crippen molar-refractivity contribution in [1.82, 2.24) is 10.2 Å². The van der Waals surface area contributed by atoms with Crippen LogP contribution in [0.25, 0.3) is 0 Å². The maximum absolute atomic E-state index is 14.7. The van der Waals surface area contributed by atoms with Crippen molar-refractivity contribution in [3.63, 3.8) is 0 Å². The van der Waals surface area contributed by atoms with Crippen LogP contribution in [0.2, 0.25) is 0 Å². The number of likely N-dealkylation sites (tertiary alicyclic amines) is 1. The standard InChI is InChI=1S/C25H24F6N2O4S/c1-38(36,37)17-4-2-3-15(11-17)23(35)33-10-9-24(27,28)13-20(33)22(34)32-21(14-5-6-14)18-8-7-16(12-19(18)26)25(29,30)31/h2-4,7-8,11-12,14,20-21H,5-6,9-10,13H2,1H3,(H,32,34)/t20?,21-/m1/s1. The van der Waals surface area contributed by atoms with Crippen LogP contribution in [0.4, 0.5) is 26.3 Å². The Labute approximate surface area is 214 Å². The third-order valence-electron chi connectivity index (χ3n) is 6.71. The average molecular weight is 563 g/mol. The molecule has 206 valence electrons. The Morgan fingerprint density at radius 1 is 1.11 bits per heavy atom. The molecular weight excluding hydrogens is 538 g/mol. The SMILES string of the molecule is CS(=O)(=O)c1cccc(C(=O)N2CCC(F)(F)CC2C(=O)N[C@@H](c2ccc(C(F)(F)F)cc2F)C2CC2)c1. The second kappa shape index (κ2) is 9.90. The Morgan fingerprint density at radius 2 is 1.79 bits per heavy atom. The zero-order valence-corrected chi connectivity index (χ0v) is 20.9. The topological polar surface area (TPSA) is 83.6 Å². The van der Waals surface area contributed by atoms with Crippen LogP contribution in [0, 0.1) is 11.7 Å². The lowest BCUT2D eigenvalue weighted by Crippen LogP contribution is -2.56. The molecule has 13 heteroatoms. The Morgan fingerprint density at radius 3 is 2.37 bits per heavy atom. The maximum Gasteiger partial charge on any atom is 0.416 e. The van der Waals surface area contributed by atoms with Gasteiger partial charge in [-0.05, 0) is 49.1 Å². The van der Waals surface area contributed by atoms with Crippen LogP contribution in [0.5, 0.6) is 0 Å². The minimum atomic E-state index is -4.78. The number of hydrogen-bond donors (Lipinski definition) is 1. The van der Waals surface area contributed by atoms with Gasteiger partial charge in [-0.1, -0.05) is 12.1 Å². The molecule has 1 unspecified atom stereocenters. The highest BCUT2D eigenvalue weighted by molar-refractivity contribution is 7.90. The van der Waals surface area contributed by atoms with Crippen molar-refractivity contribution >= 4 is 21.7 Å². The molecule has 0 bridgehead atoms. The van der Waals surface area contributed by atoms with Gasteiger partial charge in [-0.25, -0.2) is 21.6 Å². The van der Waals surface area contributed by atoms with Crippen LogP contribution in [0.1, 0.15) is 53.2 Å². The van der Waals surface area contributed by atoms with Crippen molar-refractivity contribution in [3.05, 3.63) is 65.0 Å². The first-order valence-electron chi connectivity index (χ1n) is 11.7. The summed E-state index contributed by atoms with van der Waals surface area (Å²) >= 11 is 0. The molecule has 1 aliphatic carbocycles. The van der Waals surface area contributed by atoms with Crippen molar-refractivity contribution in [3.8, 4) is 0 Å². The fourth-order valence-electron chi connectivity index (χ4n) is 4.52. The molecule has 2 amide bonds. The van der Waals surface area contributed by atoms with E-state index >= 15 is 0 Å². The summed E-state index contributed by atoms with van der Waals surface area (Å²) in [4.78, 5) is 27.3. The molecule has 2 fully saturated rings. The van der Waals surface area contributed by atoms with E-state index in [1.54, 1.807) is 0 Å². The van der Waals surface area contributed by atoms with Gasteiger partial charge in [-0.2, -0.15) is 13.2 Å². The Hall–Kier alpha value is -3.09. The Kier molecular flexibility index (Phi) is 7.28. The predicted octanol–water partition coefficient (Wildman–Crippen LogP) is 4.76. The molecule has 0 aromatic heterocycles. The monoisotopic (exact) mass is 562 g/mol. The minimum Gasteiger partial charge on any atom is -0.347 e. The van der Waals surface area contributed by atoms with Gasteiger partial charge in [0.25, 0.3) is 11.8 Å². The van der Waals surface area contributed by atoms with Gasteiger partial charge in [-0.15, -0.1) is 0 Å². The highest BCUT2D eigenvalue weighted by atomic mass is 32.2. The molecular formula is C25H24F6N2O4S. The van der Waals surface area contributed by atoms with Gasteiger partial charge in [0, 0.05) is 36.8 Å². The van der Waals surface area contributed by atoms with E-state index in [4.69, 9.17) is 0 Å². The zero-order valence-electron chi connectivity index (χ0n) is 20.1. The third kappa shape index (κ3) is 6.13. The summed E-state index contributed by atoms with van der Waals surface area (Å²) in [6, 6.07) is 4.12. The average Bonchev–Trinajstić information content (AvgIpc) is 3.66. The van der Waals surface area contributed by atoms with Gasteiger partial charge < -0.3 is 10.2 Å². The van der Waals surface area contributed by atoms with E-state index in [2.05, 4.69) is 5.32 Å². The van der Waals surface area contributed by atoms with Gasteiger partial charge >= 0.3 is 6.18 Å². The van der Waals surface area contributed by atoms with Crippen LogP contribution in [0.3, 0.4) is 0 Å². The largest absolute Gasteiger partial charge is 0.416 e. The van der Waals surface area contributed by atoms with Crippen LogP contribution in [0.15, 0.2) is 47.4 Å². The summed E-state index contributed by atoms with van der Waals surface area (Å²) < 4.78 is 106. The lowest BCUT2D eigenvalue weighted by Gasteiger charge is -2.39. The molecule has 38 heavy (non-hydrogen) atoms. The first-order valence-corrected chi connectivity index (χ1v) is 13.6. The number of halogens is 6. The number of nitrogens with one attached hydrogen (secondary N) is 1. The molecule has 1 aliphatic heterocycles. The predicted molar refractivity (Wildman–Crippen MR) is 124 cm³/mol. The zero-order chi connectivity index (χ0) is 28.0. The number of hydrogen-bond acceptors (Lipinski definition) is 4. The van der Waals surface area contributed by atoms with E-state index in [9.17, 15) is 44.3 Å². The maximum atomic E-state index is 14.7. The highest BCUT2D eigenvalue weighted by Gasteiger charge is 2.47. The molecule has 1 saturated heterocycles. The molecule has 2 aromatic rings. The number of rotatable bonds is 6. The first-order chi connectivity index (χ1) is 17.6. The Balaban J connectivity index is 1.62. The second-order valence-electron chi connectivity index (χ2n) is 9.68. The van der Waals surface area contributed by atoms with Gasteiger partial charge in [0.1, 0.15) is 11.9 Å². The van der Waals surface area contributed by atoms with E-state index in [-0.39, 0.29) is 21.9 Å². The van der Waals surface area contributed by atoms with Crippen molar-refractivity contribution in [2.24, 2.45) is 5.92 Å². The normalized spacial score (nSPS) is 20.6. The smallest absolute Gasteiger partial charge is 0.347 e. The number of sulfone groups is 1. The van der Waals surface area contributed by atoms with Gasteiger partial charge in [0.05, 0.1) is 16.5 Å². The molecule has 1 heterocycles. The number of alkyl halides is 5. The Bertz CT molecular complexity index is 1360. The summed E-state index contributed by atoms with van der Waals surface area (Å²) in [7, 11) is -3.68. The van der Waals surface area contributed by atoms with Crippen molar-refractivity contribution < 1.29 is 44.3 Å². The fourth-order valence-corrected chi connectivity index (χ4v) is 5.19. The number of carbonyl (C=O) groups excluding carboxylic acids is 2. The van der Waals surface area contributed by atoms with Crippen LogP contribution in [-0.2, 0) is 20.8 Å². The lowest BCUT2D eigenvalue weighted by atomic mass is 9.95. The molecule has 2 aromatic carbocycles. The molecule has 6 nitrogen and oxygen atoms in total. The lowest BCUT2D eigenvalue weighted by molar-refractivity contribution is -0.138. The van der Waals surface area contributed by atoms with Gasteiger partial charge in [-0.3, -0.25) is 9.59 Å². The van der Waals surface area contributed by atoms with E-state index in [1.807, 2.05) is 0 Å². The number of piperidine rings is 1. The number of carbonyl (C=O) groups is 2. The molecule has 4 rings (SSSR count). The van der Waals surface area contributed by atoms with Gasteiger partial charge in [0.15, 0.2) is 9.84 Å². The van der Waals surface area contributed by atoms with Gasteiger partial charge in [0.2, 0.25) is 5.91 Å². The molecule has 2 atom stereocenters. The minimum absolute atomic E-state index is 0.122. The summed E-state index contributed by atoms with van der Waals surface area (Å²) in [6.45, 7) is -0.504. The van der Waals surface area contributed by atoms with E-state index in [0.29, 0.717) is 25.0 Å². The van der Waals surface area contributed by atoms with E-state index in [0.717, 1.165) is 23.3 Å². The summed E-state index contributed by atoms with van der Waals surface area (Å²) in [6.07, 6.45) is -4.52. The first kappa shape index (κ1) is 27.9.